The Morgan fingerprint density at radius 2 is 1.70 bits per heavy atom. The monoisotopic (exact) mass is 561 g/mol. The van der Waals surface area contributed by atoms with Crippen LogP contribution in [-0.4, -0.2) is 72.5 Å². The van der Waals surface area contributed by atoms with Crippen molar-refractivity contribution in [3.63, 3.8) is 0 Å². The number of nitro groups is 1. The molecule has 0 aromatic heterocycles. The predicted molar refractivity (Wildman–Crippen MR) is 150 cm³/mol. The molecule has 0 unspecified atom stereocenters. The highest BCUT2D eigenvalue weighted by atomic mass is 19.4. The number of likely N-dealkylation sites (tertiary alicyclic amines) is 1. The van der Waals surface area contributed by atoms with Crippen LogP contribution in [0.2, 0.25) is 0 Å². The number of halogens is 3. The third-order valence-corrected chi connectivity index (χ3v) is 7.75. The maximum atomic E-state index is 13.3. The lowest BCUT2D eigenvalue weighted by Crippen LogP contribution is -2.46. The summed E-state index contributed by atoms with van der Waals surface area (Å²) in [4.78, 5) is 29.2. The topological polar surface area (TPSA) is 82.0 Å². The molecule has 0 bridgehead atoms. The van der Waals surface area contributed by atoms with Gasteiger partial charge >= 0.3 is 6.18 Å². The Balaban J connectivity index is 1.19. The summed E-state index contributed by atoms with van der Waals surface area (Å²) >= 11 is 0. The number of carbonyl (C=O) groups excluding carboxylic acids is 1. The van der Waals surface area contributed by atoms with E-state index in [4.69, 9.17) is 0 Å². The van der Waals surface area contributed by atoms with Crippen molar-refractivity contribution in [1.29, 1.82) is 0 Å². The number of nitro benzene ring substituents is 1. The number of benzene rings is 2. The molecule has 2 saturated heterocycles. The van der Waals surface area contributed by atoms with Crippen molar-refractivity contribution in [1.82, 2.24) is 9.80 Å². The number of alkyl halides is 3. The molecular formula is C29H38F3N5O3. The molecule has 1 atom stereocenters. The lowest BCUT2D eigenvalue weighted by Gasteiger charge is -2.36. The first kappa shape index (κ1) is 29.6. The Bertz CT molecular complexity index is 1190. The molecule has 2 fully saturated rings. The second kappa shape index (κ2) is 12.0. The highest BCUT2D eigenvalue weighted by Crippen LogP contribution is 2.38. The van der Waals surface area contributed by atoms with E-state index < -0.39 is 22.4 Å². The number of amides is 1. The molecular weight excluding hydrogens is 523 g/mol. The molecule has 40 heavy (non-hydrogen) atoms. The number of hydrogen-bond donors (Lipinski definition) is 1. The molecule has 2 aliphatic heterocycles. The Hall–Kier alpha value is -3.34. The van der Waals surface area contributed by atoms with E-state index in [9.17, 15) is 28.1 Å². The van der Waals surface area contributed by atoms with E-state index in [1.165, 1.54) is 17.3 Å². The van der Waals surface area contributed by atoms with Crippen LogP contribution in [0.1, 0.15) is 51.2 Å². The van der Waals surface area contributed by atoms with E-state index >= 15 is 0 Å². The van der Waals surface area contributed by atoms with Crippen LogP contribution in [0.5, 0.6) is 0 Å². The van der Waals surface area contributed by atoms with Crippen molar-refractivity contribution in [3.05, 3.63) is 63.7 Å². The highest BCUT2D eigenvalue weighted by Gasteiger charge is 2.38. The van der Waals surface area contributed by atoms with Gasteiger partial charge in [-0.2, -0.15) is 13.2 Å². The summed E-state index contributed by atoms with van der Waals surface area (Å²) in [6.45, 7) is 12.2. The minimum absolute atomic E-state index is 0.0431. The second-order valence-electron chi connectivity index (χ2n) is 11.7. The van der Waals surface area contributed by atoms with Gasteiger partial charge in [-0.3, -0.25) is 19.8 Å². The maximum absolute atomic E-state index is 13.3. The summed E-state index contributed by atoms with van der Waals surface area (Å²) < 4.78 is 39.8. The zero-order valence-electron chi connectivity index (χ0n) is 23.3. The molecule has 2 aromatic rings. The predicted octanol–water partition coefficient (Wildman–Crippen LogP) is 5.53. The van der Waals surface area contributed by atoms with E-state index in [-0.39, 0.29) is 23.1 Å². The first-order valence-corrected chi connectivity index (χ1v) is 13.8. The molecule has 11 heteroatoms. The van der Waals surface area contributed by atoms with Crippen LogP contribution in [0.15, 0.2) is 42.5 Å². The standard InChI is InChI=1S/C29H38F3N5O3/c1-28(2,3)21-6-9-24(10-7-21)35-17-15-34(16-18-35)13-4-5-27(38)36-14-12-23(20-36)33-22-8-11-26(37(39)40)25(19-22)29(30,31)32/h6-11,19,23,33H,4-5,12-18,20H2,1-3H3/t23-/m0/s1. The fourth-order valence-corrected chi connectivity index (χ4v) is 5.37. The molecule has 2 aliphatic rings. The number of nitrogens with zero attached hydrogens (tertiary/aromatic N) is 4. The maximum Gasteiger partial charge on any atom is 0.423 e. The fraction of sp³-hybridized carbons (Fsp3) is 0.552. The van der Waals surface area contributed by atoms with Gasteiger partial charge in [0.15, 0.2) is 0 Å². The van der Waals surface area contributed by atoms with E-state index in [1.54, 1.807) is 4.90 Å². The van der Waals surface area contributed by atoms with Crippen molar-refractivity contribution >= 4 is 23.0 Å². The number of anilines is 2. The van der Waals surface area contributed by atoms with Crippen LogP contribution >= 0.6 is 0 Å². The average Bonchev–Trinajstić information content (AvgIpc) is 3.36. The Morgan fingerprint density at radius 1 is 1.02 bits per heavy atom. The van der Waals surface area contributed by atoms with Crippen LogP contribution in [0.4, 0.5) is 30.2 Å². The van der Waals surface area contributed by atoms with Gasteiger partial charge in [-0.05, 0) is 54.6 Å². The summed E-state index contributed by atoms with van der Waals surface area (Å²) in [7, 11) is 0. The van der Waals surface area contributed by atoms with Crippen molar-refractivity contribution in [2.24, 2.45) is 0 Å². The van der Waals surface area contributed by atoms with Crippen LogP contribution in [0.25, 0.3) is 0 Å². The van der Waals surface area contributed by atoms with Crippen LogP contribution in [-0.2, 0) is 16.4 Å². The number of carbonyl (C=O) groups is 1. The second-order valence-corrected chi connectivity index (χ2v) is 11.7. The van der Waals surface area contributed by atoms with Gasteiger partial charge in [-0.25, -0.2) is 0 Å². The van der Waals surface area contributed by atoms with E-state index in [2.05, 4.69) is 60.2 Å². The Labute approximate surface area is 233 Å². The van der Waals surface area contributed by atoms with E-state index in [0.29, 0.717) is 25.9 Å². The molecule has 2 heterocycles. The molecule has 8 nitrogen and oxygen atoms in total. The van der Waals surface area contributed by atoms with Crippen molar-refractivity contribution in [2.75, 3.05) is 56.0 Å². The zero-order valence-corrected chi connectivity index (χ0v) is 23.3. The number of nitrogens with one attached hydrogen (secondary N) is 1. The normalized spacial score (nSPS) is 18.7. The van der Waals surface area contributed by atoms with Gasteiger partial charge in [-0.15, -0.1) is 0 Å². The summed E-state index contributed by atoms with van der Waals surface area (Å²) in [5.74, 6) is 0.0431. The van der Waals surface area contributed by atoms with Gasteiger partial charge in [0.2, 0.25) is 5.91 Å². The van der Waals surface area contributed by atoms with Gasteiger partial charge in [0.1, 0.15) is 5.56 Å². The molecule has 218 valence electrons. The van der Waals surface area contributed by atoms with Gasteiger partial charge in [0, 0.05) is 69.2 Å². The quantitative estimate of drug-likeness (QED) is 0.337. The van der Waals surface area contributed by atoms with Gasteiger partial charge in [0.25, 0.3) is 5.69 Å². The minimum Gasteiger partial charge on any atom is -0.380 e. The van der Waals surface area contributed by atoms with Gasteiger partial charge in [0.05, 0.1) is 4.92 Å². The first-order chi connectivity index (χ1) is 18.8. The molecule has 0 aliphatic carbocycles. The zero-order chi connectivity index (χ0) is 29.1. The van der Waals surface area contributed by atoms with Crippen LogP contribution < -0.4 is 10.2 Å². The van der Waals surface area contributed by atoms with E-state index in [1.807, 2.05) is 0 Å². The Kier molecular flexibility index (Phi) is 8.92. The van der Waals surface area contributed by atoms with Crippen LogP contribution in [0.3, 0.4) is 0 Å². The van der Waals surface area contributed by atoms with Gasteiger partial charge in [-0.1, -0.05) is 32.9 Å². The van der Waals surface area contributed by atoms with Crippen molar-refractivity contribution < 1.29 is 22.9 Å². The van der Waals surface area contributed by atoms with Crippen molar-refractivity contribution in [3.8, 4) is 0 Å². The first-order valence-electron chi connectivity index (χ1n) is 13.8. The molecule has 1 amide bonds. The van der Waals surface area contributed by atoms with Crippen LogP contribution in [0, 0.1) is 10.1 Å². The molecule has 1 N–H and O–H groups in total. The molecule has 0 saturated carbocycles. The fourth-order valence-electron chi connectivity index (χ4n) is 5.37. The molecule has 2 aromatic carbocycles. The Morgan fingerprint density at radius 3 is 2.30 bits per heavy atom. The third-order valence-electron chi connectivity index (χ3n) is 7.75. The number of hydrogen-bond acceptors (Lipinski definition) is 6. The summed E-state index contributed by atoms with van der Waals surface area (Å²) in [6.07, 6.45) is -3.05. The lowest BCUT2D eigenvalue weighted by molar-refractivity contribution is -0.388. The molecule has 4 rings (SSSR count). The molecule has 0 spiro atoms. The lowest BCUT2D eigenvalue weighted by atomic mass is 9.87. The summed E-state index contributed by atoms with van der Waals surface area (Å²) in [5, 5.41) is 14.0. The summed E-state index contributed by atoms with van der Waals surface area (Å²) in [5.41, 5.74) is 0.589. The third kappa shape index (κ3) is 7.44. The largest absolute Gasteiger partial charge is 0.423 e. The highest BCUT2D eigenvalue weighted by molar-refractivity contribution is 5.76. The smallest absolute Gasteiger partial charge is 0.380 e. The minimum atomic E-state index is -4.83. The number of rotatable bonds is 8. The van der Waals surface area contributed by atoms with Crippen molar-refractivity contribution in [2.45, 2.75) is 57.7 Å². The SMILES string of the molecule is CC(C)(C)c1ccc(N2CCN(CCCC(=O)N3CC[C@H](Nc4ccc([N+](=O)[O-])c(C(F)(F)F)c4)C3)CC2)cc1. The molecule has 0 radical (unpaired) electrons. The number of piperazine rings is 1. The van der Waals surface area contributed by atoms with E-state index in [0.717, 1.165) is 51.3 Å². The van der Waals surface area contributed by atoms with Gasteiger partial charge < -0.3 is 15.1 Å². The average molecular weight is 562 g/mol. The summed E-state index contributed by atoms with van der Waals surface area (Å²) in [6, 6.07) is 11.5.